The summed E-state index contributed by atoms with van der Waals surface area (Å²) in [4.78, 5) is 0.177. The molecule has 0 amide bonds. The lowest BCUT2D eigenvalue weighted by atomic mass is 10.6. The highest BCUT2D eigenvalue weighted by molar-refractivity contribution is 9.10. The number of hydrogen-bond donors (Lipinski definition) is 1. The molecule has 0 aromatic carbocycles. The molecule has 0 saturated carbocycles. The first-order chi connectivity index (χ1) is 9.01. The van der Waals surface area contributed by atoms with Gasteiger partial charge in [0.15, 0.2) is 0 Å². The van der Waals surface area contributed by atoms with Crippen molar-refractivity contribution in [1.29, 1.82) is 0 Å². The summed E-state index contributed by atoms with van der Waals surface area (Å²) in [6.45, 7) is 3.27. The van der Waals surface area contributed by atoms with Crippen LogP contribution in [0.2, 0.25) is 0 Å². The van der Waals surface area contributed by atoms with Crippen LogP contribution >= 0.6 is 15.9 Å². The molecule has 0 spiro atoms. The van der Waals surface area contributed by atoms with Crippen LogP contribution in [0, 0.1) is 0 Å². The fourth-order valence-electron chi connectivity index (χ4n) is 1.49. The van der Waals surface area contributed by atoms with Crippen molar-refractivity contribution < 1.29 is 8.42 Å². The van der Waals surface area contributed by atoms with E-state index in [2.05, 4.69) is 30.8 Å². The Morgan fingerprint density at radius 3 is 2.58 bits per heavy atom. The molecular weight excluding hydrogens is 334 g/mol. The standard InChI is InChI=1S/C10H14BrN5O2S/c1-2-15-8-10(6-13-15)19(17,18)14-3-4-16-7-9(11)5-12-16/h5-8,14H,2-4H2,1H3. The summed E-state index contributed by atoms with van der Waals surface area (Å²) in [5, 5.41) is 7.99. The molecule has 2 rings (SSSR count). The van der Waals surface area contributed by atoms with Crippen molar-refractivity contribution in [3.8, 4) is 0 Å². The molecule has 0 aliphatic carbocycles. The average molecular weight is 348 g/mol. The van der Waals surface area contributed by atoms with Crippen LogP contribution in [0.4, 0.5) is 0 Å². The number of nitrogens with zero attached hydrogens (tertiary/aromatic N) is 4. The van der Waals surface area contributed by atoms with Crippen LogP contribution < -0.4 is 4.72 Å². The minimum Gasteiger partial charge on any atom is -0.272 e. The maximum atomic E-state index is 12.0. The van der Waals surface area contributed by atoms with E-state index in [1.807, 2.05) is 6.92 Å². The van der Waals surface area contributed by atoms with Crippen LogP contribution in [0.25, 0.3) is 0 Å². The normalized spacial score (nSPS) is 11.9. The summed E-state index contributed by atoms with van der Waals surface area (Å²) in [6, 6.07) is 0. The zero-order chi connectivity index (χ0) is 13.9. The largest absolute Gasteiger partial charge is 0.272 e. The van der Waals surface area contributed by atoms with Crippen LogP contribution in [-0.4, -0.2) is 34.5 Å². The molecule has 0 aliphatic rings. The van der Waals surface area contributed by atoms with Crippen LogP contribution in [0.15, 0.2) is 34.2 Å². The summed E-state index contributed by atoms with van der Waals surface area (Å²) >= 11 is 3.28. The fraction of sp³-hybridized carbons (Fsp3) is 0.400. The SMILES string of the molecule is CCn1cc(S(=O)(=O)NCCn2cc(Br)cn2)cn1. The minimum absolute atomic E-state index is 0.177. The Balaban J connectivity index is 1.94. The van der Waals surface area contributed by atoms with E-state index in [1.165, 1.54) is 12.4 Å². The van der Waals surface area contributed by atoms with E-state index in [4.69, 9.17) is 0 Å². The topological polar surface area (TPSA) is 81.8 Å². The zero-order valence-corrected chi connectivity index (χ0v) is 12.7. The third kappa shape index (κ3) is 3.64. The van der Waals surface area contributed by atoms with E-state index in [9.17, 15) is 8.42 Å². The maximum absolute atomic E-state index is 12.0. The number of hydrogen-bond acceptors (Lipinski definition) is 4. The van der Waals surface area contributed by atoms with Gasteiger partial charge < -0.3 is 0 Å². The molecule has 1 N–H and O–H groups in total. The molecule has 0 unspecified atom stereocenters. The minimum atomic E-state index is -3.50. The van der Waals surface area contributed by atoms with E-state index in [0.29, 0.717) is 13.1 Å². The molecule has 2 heterocycles. The Labute approximate surface area is 119 Å². The summed E-state index contributed by atoms with van der Waals surface area (Å²) in [7, 11) is -3.50. The smallest absolute Gasteiger partial charge is 0.243 e. The van der Waals surface area contributed by atoms with E-state index < -0.39 is 10.0 Å². The molecule has 104 valence electrons. The summed E-state index contributed by atoms with van der Waals surface area (Å²) in [5.41, 5.74) is 0. The lowest BCUT2D eigenvalue weighted by molar-refractivity contribution is 0.560. The first-order valence-electron chi connectivity index (χ1n) is 5.71. The number of nitrogens with one attached hydrogen (secondary N) is 1. The molecule has 2 aromatic heterocycles. The van der Waals surface area contributed by atoms with Gasteiger partial charge in [-0.25, -0.2) is 13.1 Å². The third-order valence-corrected chi connectivity index (χ3v) is 4.30. The quantitative estimate of drug-likeness (QED) is 0.839. The first kappa shape index (κ1) is 14.2. The van der Waals surface area contributed by atoms with Crippen molar-refractivity contribution in [2.75, 3.05) is 6.54 Å². The molecule has 0 fully saturated rings. The number of aromatic nitrogens is 4. The Bertz CT molecular complexity index is 648. The van der Waals surface area contributed by atoms with Gasteiger partial charge in [-0.1, -0.05) is 0 Å². The predicted octanol–water partition coefficient (Wildman–Crippen LogP) is 0.840. The second-order valence-electron chi connectivity index (χ2n) is 3.85. The molecule has 0 saturated heterocycles. The van der Waals surface area contributed by atoms with Crippen molar-refractivity contribution in [1.82, 2.24) is 24.3 Å². The van der Waals surface area contributed by atoms with Gasteiger partial charge in [-0.15, -0.1) is 0 Å². The second-order valence-corrected chi connectivity index (χ2v) is 6.53. The lowest BCUT2D eigenvalue weighted by Gasteiger charge is -2.04. The number of halogens is 1. The molecular formula is C10H14BrN5O2S. The summed E-state index contributed by atoms with van der Waals surface area (Å²) in [5.74, 6) is 0. The third-order valence-electron chi connectivity index (χ3n) is 2.48. The van der Waals surface area contributed by atoms with E-state index in [-0.39, 0.29) is 11.4 Å². The molecule has 0 aliphatic heterocycles. The first-order valence-corrected chi connectivity index (χ1v) is 7.99. The van der Waals surface area contributed by atoms with E-state index in [1.54, 1.807) is 21.8 Å². The van der Waals surface area contributed by atoms with Crippen LogP contribution in [-0.2, 0) is 23.1 Å². The Morgan fingerprint density at radius 2 is 2.00 bits per heavy atom. The van der Waals surface area contributed by atoms with E-state index in [0.717, 1.165) is 4.47 Å². The monoisotopic (exact) mass is 347 g/mol. The van der Waals surface area contributed by atoms with Gasteiger partial charge in [-0.05, 0) is 22.9 Å². The Kier molecular flexibility index (Phi) is 4.38. The zero-order valence-electron chi connectivity index (χ0n) is 10.3. The van der Waals surface area contributed by atoms with Crippen molar-refractivity contribution >= 4 is 26.0 Å². The Morgan fingerprint density at radius 1 is 1.26 bits per heavy atom. The van der Waals surface area contributed by atoms with Crippen LogP contribution in [0.5, 0.6) is 0 Å². The van der Waals surface area contributed by atoms with Crippen molar-refractivity contribution in [3.05, 3.63) is 29.3 Å². The molecule has 7 nitrogen and oxygen atoms in total. The van der Waals surface area contributed by atoms with Gasteiger partial charge in [0.1, 0.15) is 4.90 Å². The highest BCUT2D eigenvalue weighted by Gasteiger charge is 2.15. The van der Waals surface area contributed by atoms with Gasteiger partial charge in [0.25, 0.3) is 0 Å². The van der Waals surface area contributed by atoms with E-state index >= 15 is 0 Å². The molecule has 0 bridgehead atoms. The molecule has 9 heteroatoms. The lowest BCUT2D eigenvalue weighted by Crippen LogP contribution is -2.27. The van der Waals surface area contributed by atoms with Crippen molar-refractivity contribution in [2.24, 2.45) is 0 Å². The number of rotatable bonds is 6. The maximum Gasteiger partial charge on any atom is 0.243 e. The number of sulfonamides is 1. The van der Waals surface area contributed by atoms with Gasteiger partial charge in [0.05, 0.1) is 23.4 Å². The van der Waals surface area contributed by atoms with Gasteiger partial charge in [0, 0.05) is 25.5 Å². The van der Waals surface area contributed by atoms with Gasteiger partial charge >= 0.3 is 0 Å². The van der Waals surface area contributed by atoms with Gasteiger partial charge in [-0.2, -0.15) is 10.2 Å². The average Bonchev–Trinajstić information content (AvgIpc) is 2.98. The summed E-state index contributed by atoms with van der Waals surface area (Å²) < 4.78 is 30.5. The summed E-state index contributed by atoms with van der Waals surface area (Å²) in [6.07, 6.45) is 6.28. The highest BCUT2D eigenvalue weighted by atomic mass is 79.9. The molecule has 2 aromatic rings. The van der Waals surface area contributed by atoms with Crippen LogP contribution in [0.3, 0.4) is 0 Å². The highest BCUT2D eigenvalue weighted by Crippen LogP contribution is 2.07. The fourth-order valence-corrected chi connectivity index (χ4v) is 2.80. The van der Waals surface area contributed by atoms with Crippen molar-refractivity contribution in [3.63, 3.8) is 0 Å². The number of aryl methyl sites for hydroxylation is 1. The second kappa shape index (κ2) is 5.85. The Hall–Kier alpha value is -1.19. The van der Waals surface area contributed by atoms with Gasteiger partial charge in [-0.3, -0.25) is 9.36 Å². The molecule has 19 heavy (non-hydrogen) atoms. The van der Waals surface area contributed by atoms with Crippen LogP contribution in [0.1, 0.15) is 6.92 Å². The predicted molar refractivity (Wildman–Crippen MR) is 73.0 cm³/mol. The molecule has 0 radical (unpaired) electrons. The molecule has 0 atom stereocenters. The van der Waals surface area contributed by atoms with Gasteiger partial charge in [0.2, 0.25) is 10.0 Å². The van der Waals surface area contributed by atoms with Crippen molar-refractivity contribution in [2.45, 2.75) is 24.9 Å².